The van der Waals surface area contributed by atoms with Gasteiger partial charge in [-0.05, 0) is 61.1 Å². The summed E-state index contributed by atoms with van der Waals surface area (Å²) in [7, 11) is 3.20. The summed E-state index contributed by atoms with van der Waals surface area (Å²) in [6, 6.07) is 15.5. The van der Waals surface area contributed by atoms with Crippen molar-refractivity contribution in [2.45, 2.75) is 74.0 Å². The first-order valence-electron chi connectivity index (χ1n) is 10.3. The lowest BCUT2D eigenvalue weighted by Crippen LogP contribution is -2.34. The molecule has 0 unspecified atom stereocenters. The standard InChI is InChI=1S/C24H30O4S2/c1-5-23(6-2,21(25)26)17-9-13-19(14-10-17)29-30-20-15-11-18(12-16-20)24(7-3,8-4)22(27)28/h9-16H,5-8H2,1-4H3,(H,25,26)(H,27,28). The fourth-order valence-corrected chi connectivity index (χ4v) is 5.85. The number of rotatable bonds is 11. The highest BCUT2D eigenvalue weighted by atomic mass is 33.1. The predicted octanol–water partition coefficient (Wildman–Crippen LogP) is 6.77. The number of hydrogen-bond acceptors (Lipinski definition) is 4. The smallest absolute Gasteiger partial charge is 0.314 e. The normalized spacial score (nSPS) is 12.0. The topological polar surface area (TPSA) is 74.6 Å². The van der Waals surface area contributed by atoms with Crippen LogP contribution in [0, 0.1) is 0 Å². The van der Waals surface area contributed by atoms with E-state index in [1.165, 1.54) is 0 Å². The van der Waals surface area contributed by atoms with Crippen molar-refractivity contribution in [2.24, 2.45) is 0 Å². The number of hydrogen-bond donors (Lipinski definition) is 2. The summed E-state index contributed by atoms with van der Waals surface area (Å²) in [6.07, 6.45) is 2.22. The van der Waals surface area contributed by atoms with E-state index < -0.39 is 22.8 Å². The lowest BCUT2D eigenvalue weighted by Gasteiger charge is -2.27. The third-order valence-electron chi connectivity index (χ3n) is 6.28. The minimum absolute atomic E-state index is 0.555. The van der Waals surface area contributed by atoms with Crippen LogP contribution in [0.1, 0.15) is 64.5 Å². The average Bonchev–Trinajstić information content (AvgIpc) is 2.76. The van der Waals surface area contributed by atoms with Crippen LogP contribution in [0.2, 0.25) is 0 Å². The second-order valence-electron chi connectivity index (χ2n) is 7.40. The van der Waals surface area contributed by atoms with Crippen LogP contribution in [0.5, 0.6) is 0 Å². The van der Waals surface area contributed by atoms with Crippen LogP contribution in [-0.2, 0) is 20.4 Å². The van der Waals surface area contributed by atoms with Gasteiger partial charge in [0.2, 0.25) is 0 Å². The maximum atomic E-state index is 11.8. The van der Waals surface area contributed by atoms with Crippen LogP contribution in [0.15, 0.2) is 58.3 Å². The van der Waals surface area contributed by atoms with Crippen LogP contribution in [0.25, 0.3) is 0 Å². The molecule has 30 heavy (non-hydrogen) atoms. The van der Waals surface area contributed by atoms with E-state index in [-0.39, 0.29) is 0 Å². The summed E-state index contributed by atoms with van der Waals surface area (Å²) in [4.78, 5) is 25.7. The van der Waals surface area contributed by atoms with Gasteiger partial charge in [-0.15, -0.1) is 0 Å². The van der Waals surface area contributed by atoms with Crippen molar-refractivity contribution in [3.8, 4) is 0 Å². The third kappa shape index (κ3) is 4.70. The van der Waals surface area contributed by atoms with Gasteiger partial charge < -0.3 is 10.2 Å². The van der Waals surface area contributed by atoms with Crippen molar-refractivity contribution in [3.05, 3.63) is 59.7 Å². The molecule has 0 fully saturated rings. The quantitative estimate of drug-likeness (QED) is 0.371. The summed E-state index contributed by atoms with van der Waals surface area (Å²) in [6.45, 7) is 7.65. The Kier molecular flexibility index (Phi) is 8.44. The molecular formula is C24H30O4S2. The van der Waals surface area contributed by atoms with Crippen molar-refractivity contribution >= 4 is 33.5 Å². The molecule has 2 aromatic carbocycles. The Morgan fingerprint density at radius 3 is 1.10 bits per heavy atom. The van der Waals surface area contributed by atoms with E-state index in [1.807, 2.05) is 76.2 Å². The largest absolute Gasteiger partial charge is 0.481 e. The van der Waals surface area contributed by atoms with Gasteiger partial charge in [-0.25, -0.2) is 0 Å². The zero-order valence-corrected chi connectivity index (χ0v) is 19.6. The molecule has 0 aromatic heterocycles. The fourth-order valence-electron chi connectivity index (χ4n) is 3.92. The van der Waals surface area contributed by atoms with E-state index in [0.29, 0.717) is 25.7 Å². The lowest BCUT2D eigenvalue weighted by atomic mass is 9.76. The van der Waals surface area contributed by atoms with Gasteiger partial charge >= 0.3 is 11.9 Å². The van der Waals surface area contributed by atoms with Gasteiger partial charge in [0.25, 0.3) is 0 Å². The third-order valence-corrected chi connectivity index (χ3v) is 8.70. The molecular weight excluding hydrogens is 416 g/mol. The van der Waals surface area contributed by atoms with Crippen molar-refractivity contribution in [2.75, 3.05) is 0 Å². The minimum atomic E-state index is -0.832. The fraction of sp³-hybridized carbons (Fsp3) is 0.417. The number of benzene rings is 2. The molecule has 2 N–H and O–H groups in total. The van der Waals surface area contributed by atoms with Crippen LogP contribution < -0.4 is 0 Å². The molecule has 162 valence electrons. The molecule has 2 aromatic rings. The Morgan fingerprint density at radius 1 is 0.633 bits per heavy atom. The molecule has 0 amide bonds. The molecule has 0 saturated carbocycles. The molecule has 0 saturated heterocycles. The van der Waals surface area contributed by atoms with E-state index in [2.05, 4.69) is 0 Å². The van der Waals surface area contributed by atoms with Crippen molar-refractivity contribution in [1.82, 2.24) is 0 Å². The van der Waals surface area contributed by atoms with Crippen LogP contribution in [0.4, 0.5) is 0 Å². The van der Waals surface area contributed by atoms with E-state index >= 15 is 0 Å². The summed E-state index contributed by atoms with van der Waals surface area (Å²) < 4.78 is 0. The van der Waals surface area contributed by atoms with Crippen LogP contribution in [-0.4, -0.2) is 22.2 Å². The molecule has 0 spiro atoms. The molecule has 0 radical (unpaired) electrons. The van der Waals surface area contributed by atoms with Crippen molar-refractivity contribution in [3.63, 3.8) is 0 Å². The molecule has 0 aliphatic carbocycles. The van der Waals surface area contributed by atoms with Gasteiger partial charge in [-0.1, -0.05) is 73.5 Å². The van der Waals surface area contributed by atoms with Gasteiger partial charge in [0.15, 0.2) is 0 Å². The molecule has 0 bridgehead atoms. The second-order valence-corrected chi connectivity index (χ2v) is 9.68. The maximum absolute atomic E-state index is 11.8. The zero-order valence-electron chi connectivity index (χ0n) is 18.0. The molecule has 0 heterocycles. The molecule has 2 rings (SSSR count). The second kappa shape index (κ2) is 10.4. The zero-order chi connectivity index (χ0) is 22.4. The van der Waals surface area contributed by atoms with Gasteiger partial charge in [0.1, 0.15) is 0 Å². The number of carboxylic acid groups (broad SMARTS) is 2. The SMILES string of the molecule is CCC(CC)(C(=O)O)c1ccc(SSc2ccc(C(CC)(CC)C(=O)O)cc2)cc1. The van der Waals surface area contributed by atoms with Crippen molar-refractivity contribution in [1.29, 1.82) is 0 Å². The van der Waals surface area contributed by atoms with E-state index in [9.17, 15) is 19.8 Å². The molecule has 0 atom stereocenters. The molecule has 6 heteroatoms. The Morgan fingerprint density at radius 2 is 0.900 bits per heavy atom. The lowest BCUT2D eigenvalue weighted by molar-refractivity contribution is -0.145. The number of carbonyl (C=O) groups is 2. The highest BCUT2D eigenvalue weighted by Crippen LogP contribution is 2.40. The van der Waals surface area contributed by atoms with E-state index in [4.69, 9.17) is 0 Å². The van der Waals surface area contributed by atoms with E-state index in [1.54, 1.807) is 21.6 Å². The highest BCUT2D eigenvalue weighted by molar-refractivity contribution is 8.76. The van der Waals surface area contributed by atoms with Gasteiger partial charge in [-0.3, -0.25) is 9.59 Å². The summed E-state index contributed by atoms with van der Waals surface area (Å²) in [5.41, 5.74) is 0.00798. The first-order valence-corrected chi connectivity index (χ1v) is 12.5. The minimum Gasteiger partial charge on any atom is -0.481 e. The first-order chi connectivity index (χ1) is 14.3. The predicted molar refractivity (Wildman–Crippen MR) is 124 cm³/mol. The summed E-state index contributed by atoms with van der Waals surface area (Å²) in [5, 5.41) is 19.4. The Balaban J connectivity index is 2.11. The van der Waals surface area contributed by atoms with E-state index in [0.717, 1.165) is 20.9 Å². The molecule has 0 aliphatic heterocycles. The van der Waals surface area contributed by atoms with Gasteiger partial charge in [-0.2, -0.15) is 0 Å². The molecule has 0 aliphatic rings. The van der Waals surface area contributed by atoms with Crippen molar-refractivity contribution < 1.29 is 19.8 Å². The van der Waals surface area contributed by atoms with Gasteiger partial charge in [0, 0.05) is 9.79 Å². The maximum Gasteiger partial charge on any atom is 0.314 e. The Labute approximate surface area is 186 Å². The average molecular weight is 447 g/mol. The van der Waals surface area contributed by atoms with Crippen LogP contribution in [0.3, 0.4) is 0 Å². The monoisotopic (exact) mass is 446 g/mol. The van der Waals surface area contributed by atoms with Crippen LogP contribution >= 0.6 is 21.6 Å². The highest BCUT2D eigenvalue weighted by Gasteiger charge is 2.37. The Hall–Kier alpha value is -1.92. The number of aliphatic carboxylic acids is 2. The summed E-state index contributed by atoms with van der Waals surface area (Å²) >= 11 is 0. The molecule has 4 nitrogen and oxygen atoms in total. The first kappa shape index (κ1) is 24.4. The van der Waals surface area contributed by atoms with Gasteiger partial charge in [0.05, 0.1) is 10.8 Å². The Bertz CT molecular complexity index is 778. The summed E-state index contributed by atoms with van der Waals surface area (Å²) in [5.74, 6) is -1.56. The number of carboxylic acids is 2.